The number of fused-ring (bicyclic) bond motifs is 1. The second-order valence-corrected chi connectivity index (χ2v) is 8.47. The summed E-state index contributed by atoms with van der Waals surface area (Å²) in [5.41, 5.74) is 13.2. The summed E-state index contributed by atoms with van der Waals surface area (Å²) >= 11 is 3.37. The maximum atomic E-state index is 13.0. The molecule has 7 nitrogen and oxygen atoms in total. The summed E-state index contributed by atoms with van der Waals surface area (Å²) in [6.45, 7) is 0.142. The highest BCUT2D eigenvalue weighted by molar-refractivity contribution is 9.10. The van der Waals surface area contributed by atoms with Gasteiger partial charge in [0.15, 0.2) is 5.96 Å². The number of nitrogens with zero attached hydrogens (tertiary/aromatic N) is 2. The van der Waals surface area contributed by atoms with Crippen LogP contribution in [0.25, 0.3) is 10.9 Å². The summed E-state index contributed by atoms with van der Waals surface area (Å²) in [7, 11) is 2.15. The summed E-state index contributed by atoms with van der Waals surface area (Å²) in [6.07, 6.45) is 0. The number of para-hydroxylation sites is 1. The zero-order chi connectivity index (χ0) is 20.4. The van der Waals surface area contributed by atoms with Crippen LogP contribution >= 0.6 is 15.9 Å². The lowest BCUT2D eigenvalue weighted by Crippen LogP contribution is -2.22. The Balaban J connectivity index is 2.05. The van der Waals surface area contributed by atoms with Gasteiger partial charge in [-0.25, -0.2) is 4.99 Å². The Hall–Kier alpha value is -2.52. The molecule has 0 saturated heterocycles. The first kappa shape index (κ1) is 20.2. The molecule has 3 rings (SSSR count). The molecule has 1 atom stereocenters. The van der Waals surface area contributed by atoms with E-state index in [4.69, 9.17) is 16.2 Å². The van der Waals surface area contributed by atoms with E-state index in [-0.39, 0.29) is 18.3 Å². The molecule has 0 saturated carbocycles. The summed E-state index contributed by atoms with van der Waals surface area (Å²) in [5, 5.41) is 11.3. The van der Waals surface area contributed by atoms with Crippen LogP contribution in [0.3, 0.4) is 0 Å². The van der Waals surface area contributed by atoms with Gasteiger partial charge in [-0.2, -0.15) is 0 Å². The van der Waals surface area contributed by atoms with Crippen LogP contribution in [0.2, 0.25) is 0 Å². The summed E-state index contributed by atoms with van der Waals surface area (Å²) < 4.78 is 20.8. The van der Waals surface area contributed by atoms with Crippen LogP contribution in [0, 0.1) is 0 Å². The van der Waals surface area contributed by atoms with E-state index in [1.165, 1.54) is 0 Å². The molecule has 5 N–H and O–H groups in total. The Morgan fingerprint density at radius 2 is 2.04 bits per heavy atom. The number of halogens is 1. The van der Waals surface area contributed by atoms with Gasteiger partial charge in [-0.3, -0.25) is 4.21 Å². The first-order valence-corrected chi connectivity index (χ1v) is 10.5. The van der Waals surface area contributed by atoms with Gasteiger partial charge >= 0.3 is 0 Å². The van der Waals surface area contributed by atoms with Gasteiger partial charge in [-0.05, 0) is 40.2 Å². The number of aryl methyl sites for hydroxylation is 1. The van der Waals surface area contributed by atoms with Crippen molar-refractivity contribution in [3.63, 3.8) is 0 Å². The van der Waals surface area contributed by atoms with Gasteiger partial charge in [-0.15, -0.1) is 0 Å². The molecule has 9 heteroatoms. The Kier molecular flexibility index (Phi) is 5.95. The summed E-state index contributed by atoms with van der Waals surface area (Å²) in [5.74, 6) is 0.918. The Labute approximate surface area is 173 Å². The lowest BCUT2D eigenvalue weighted by atomic mass is 10.1. The number of benzene rings is 2. The van der Waals surface area contributed by atoms with Gasteiger partial charge in [0, 0.05) is 29.2 Å². The molecular formula is C19H21BrN4O3S. The number of aromatic hydroxyl groups is 1. The van der Waals surface area contributed by atoms with Crippen molar-refractivity contribution in [2.45, 2.75) is 17.2 Å². The topological polar surface area (TPSA) is 116 Å². The molecule has 0 radical (unpaired) electrons. The van der Waals surface area contributed by atoms with E-state index in [1.807, 2.05) is 35.9 Å². The van der Waals surface area contributed by atoms with Gasteiger partial charge in [-0.1, -0.05) is 12.1 Å². The van der Waals surface area contributed by atoms with Crippen LogP contribution in [0.5, 0.6) is 11.5 Å². The number of guanidine groups is 1. The quantitative estimate of drug-likeness (QED) is 0.383. The minimum atomic E-state index is -1.30. The fourth-order valence-electron chi connectivity index (χ4n) is 3.04. The minimum absolute atomic E-state index is 0.0547. The van der Waals surface area contributed by atoms with E-state index in [2.05, 4.69) is 20.9 Å². The van der Waals surface area contributed by atoms with Gasteiger partial charge in [0.1, 0.15) is 11.5 Å². The molecule has 0 aliphatic rings. The molecule has 0 aliphatic carbocycles. The van der Waals surface area contributed by atoms with Gasteiger partial charge in [0.25, 0.3) is 0 Å². The zero-order valence-corrected chi connectivity index (χ0v) is 17.9. The van der Waals surface area contributed by atoms with Crippen molar-refractivity contribution in [3.05, 3.63) is 52.1 Å². The maximum Gasteiger partial charge on any atom is 0.186 e. The Morgan fingerprint density at radius 1 is 1.32 bits per heavy atom. The summed E-state index contributed by atoms with van der Waals surface area (Å²) in [6, 6.07) is 11.0. The number of hydrogen-bond acceptors (Lipinski definition) is 4. The number of ether oxygens (including phenoxy) is 1. The predicted molar refractivity (Wildman–Crippen MR) is 115 cm³/mol. The number of aliphatic imine (C=N–C) groups is 1. The van der Waals surface area contributed by atoms with Crippen LogP contribution in [0.15, 0.2) is 50.8 Å². The number of phenols is 1. The molecule has 1 heterocycles. The third-order valence-electron chi connectivity index (χ3n) is 4.49. The van der Waals surface area contributed by atoms with Crippen LogP contribution in [0.1, 0.15) is 11.3 Å². The smallest absolute Gasteiger partial charge is 0.186 e. The highest BCUT2D eigenvalue weighted by Crippen LogP contribution is 2.37. The lowest BCUT2D eigenvalue weighted by molar-refractivity contribution is 0.404. The number of rotatable bonds is 6. The van der Waals surface area contributed by atoms with E-state index in [0.717, 1.165) is 16.6 Å². The molecule has 2 aromatic carbocycles. The lowest BCUT2D eigenvalue weighted by Gasteiger charge is -2.09. The van der Waals surface area contributed by atoms with Crippen molar-refractivity contribution in [1.29, 1.82) is 0 Å². The van der Waals surface area contributed by atoms with Gasteiger partial charge in [0.2, 0.25) is 0 Å². The molecular weight excluding hydrogens is 444 g/mol. The fourth-order valence-corrected chi connectivity index (χ4v) is 4.80. The van der Waals surface area contributed by atoms with E-state index in [0.29, 0.717) is 26.4 Å². The highest BCUT2D eigenvalue weighted by atomic mass is 79.9. The molecule has 3 aromatic rings. The van der Waals surface area contributed by atoms with E-state index in [9.17, 15) is 9.32 Å². The number of phenolic OH excluding ortho intramolecular Hbond substituents is 1. The zero-order valence-electron chi connectivity index (χ0n) is 15.5. The molecule has 1 unspecified atom stereocenters. The van der Waals surface area contributed by atoms with Gasteiger partial charge in [0.05, 0.1) is 39.6 Å². The Morgan fingerprint density at radius 3 is 2.71 bits per heavy atom. The second-order valence-electron chi connectivity index (χ2n) is 6.19. The van der Waals surface area contributed by atoms with Crippen LogP contribution in [-0.4, -0.2) is 27.0 Å². The third kappa shape index (κ3) is 3.85. The molecule has 0 fully saturated rings. The van der Waals surface area contributed by atoms with Crippen LogP contribution < -0.4 is 16.2 Å². The largest absolute Gasteiger partial charge is 0.506 e. The highest BCUT2D eigenvalue weighted by Gasteiger charge is 2.18. The van der Waals surface area contributed by atoms with E-state index in [1.54, 1.807) is 19.2 Å². The monoisotopic (exact) mass is 464 g/mol. The van der Waals surface area contributed by atoms with Crippen molar-refractivity contribution in [2.24, 2.45) is 23.5 Å². The van der Waals surface area contributed by atoms with E-state index < -0.39 is 10.8 Å². The van der Waals surface area contributed by atoms with Gasteiger partial charge < -0.3 is 25.9 Å². The standard InChI is InChI=1S/C19H21BrN4O3S/c1-24-11(10-28(26)17-6-4-3-5-16(17)27-2)7-12-13(9-23-19(21)22)18(25)14(20)8-15(12)24/h3-8,25H,9-10H2,1-2H3,(H4,21,22,23). The number of nitrogens with two attached hydrogens (primary N) is 2. The fraction of sp³-hybridized carbons (Fsp3) is 0.211. The van der Waals surface area contributed by atoms with Crippen molar-refractivity contribution < 1.29 is 14.1 Å². The first-order chi connectivity index (χ1) is 13.3. The number of aromatic nitrogens is 1. The van der Waals surface area contributed by atoms with Crippen molar-refractivity contribution in [2.75, 3.05) is 7.11 Å². The number of hydrogen-bond donors (Lipinski definition) is 3. The van der Waals surface area contributed by atoms with Crippen molar-refractivity contribution >= 4 is 43.6 Å². The SMILES string of the molecule is COc1ccccc1S(=O)Cc1cc2c(CN=C(N)N)c(O)c(Br)cc2n1C. The maximum absolute atomic E-state index is 13.0. The number of methoxy groups -OCH3 is 1. The average Bonchev–Trinajstić information content (AvgIpc) is 2.97. The molecule has 0 amide bonds. The second kappa shape index (κ2) is 8.24. The normalized spacial score (nSPS) is 12.1. The third-order valence-corrected chi connectivity index (χ3v) is 6.48. The predicted octanol–water partition coefficient (Wildman–Crippen LogP) is 2.74. The molecule has 148 valence electrons. The molecule has 0 bridgehead atoms. The molecule has 1 aromatic heterocycles. The summed E-state index contributed by atoms with van der Waals surface area (Å²) in [4.78, 5) is 4.66. The Bertz CT molecular complexity index is 1090. The molecule has 0 aliphatic heterocycles. The van der Waals surface area contributed by atoms with Crippen LogP contribution in [0.4, 0.5) is 0 Å². The minimum Gasteiger partial charge on any atom is -0.506 e. The first-order valence-electron chi connectivity index (χ1n) is 8.39. The molecule has 28 heavy (non-hydrogen) atoms. The average molecular weight is 465 g/mol. The van der Waals surface area contributed by atoms with Crippen molar-refractivity contribution in [3.8, 4) is 11.5 Å². The molecule has 0 spiro atoms. The van der Waals surface area contributed by atoms with Crippen LogP contribution in [-0.2, 0) is 30.1 Å². The van der Waals surface area contributed by atoms with Crippen molar-refractivity contribution in [1.82, 2.24) is 4.57 Å². The van der Waals surface area contributed by atoms with E-state index >= 15 is 0 Å².